The molecule has 0 aliphatic carbocycles. The van der Waals surface area contributed by atoms with Gasteiger partial charge in [0, 0.05) is 18.8 Å². The van der Waals surface area contributed by atoms with E-state index in [1.807, 2.05) is 60.5 Å². The molecule has 2 aromatic carbocycles. The molecule has 0 bridgehead atoms. The SMILES string of the molecule is COc1ccc(N(C)Cc2nnnn2-c2ccccc2)cc1OC. The lowest BCUT2D eigenvalue weighted by atomic mass is 10.2. The lowest BCUT2D eigenvalue weighted by Crippen LogP contribution is -2.19. The molecule has 0 aliphatic heterocycles. The molecule has 24 heavy (non-hydrogen) atoms. The van der Waals surface area contributed by atoms with E-state index in [-0.39, 0.29) is 0 Å². The van der Waals surface area contributed by atoms with Gasteiger partial charge in [-0.1, -0.05) is 18.2 Å². The predicted molar refractivity (Wildman–Crippen MR) is 90.8 cm³/mol. The van der Waals surface area contributed by atoms with Crippen molar-refractivity contribution in [3.05, 3.63) is 54.4 Å². The van der Waals surface area contributed by atoms with E-state index < -0.39 is 0 Å². The highest BCUT2D eigenvalue weighted by atomic mass is 16.5. The van der Waals surface area contributed by atoms with Crippen molar-refractivity contribution in [2.24, 2.45) is 0 Å². The number of methoxy groups -OCH3 is 2. The Kier molecular flexibility index (Phi) is 4.60. The number of tetrazole rings is 1. The summed E-state index contributed by atoms with van der Waals surface area (Å²) < 4.78 is 12.4. The largest absolute Gasteiger partial charge is 0.493 e. The number of benzene rings is 2. The molecule has 0 spiro atoms. The van der Waals surface area contributed by atoms with Gasteiger partial charge in [-0.15, -0.1) is 5.10 Å². The van der Waals surface area contributed by atoms with Crippen LogP contribution in [0.4, 0.5) is 5.69 Å². The lowest BCUT2D eigenvalue weighted by molar-refractivity contribution is 0.355. The van der Waals surface area contributed by atoms with Crippen LogP contribution in [0.15, 0.2) is 48.5 Å². The van der Waals surface area contributed by atoms with Crippen LogP contribution in [-0.4, -0.2) is 41.5 Å². The zero-order valence-corrected chi connectivity index (χ0v) is 13.9. The molecule has 0 N–H and O–H groups in total. The fraction of sp³-hybridized carbons (Fsp3) is 0.235. The Morgan fingerprint density at radius 1 is 1.00 bits per heavy atom. The highest BCUT2D eigenvalue weighted by molar-refractivity contribution is 5.56. The van der Waals surface area contributed by atoms with Crippen molar-refractivity contribution in [3.8, 4) is 17.2 Å². The van der Waals surface area contributed by atoms with Crippen molar-refractivity contribution < 1.29 is 9.47 Å². The highest BCUT2D eigenvalue weighted by Crippen LogP contribution is 2.31. The molecule has 0 amide bonds. The first-order chi connectivity index (χ1) is 11.7. The van der Waals surface area contributed by atoms with Crippen LogP contribution in [0.3, 0.4) is 0 Å². The van der Waals surface area contributed by atoms with Crippen molar-refractivity contribution in [3.63, 3.8) is 0 Å². The fourth-order valence-corrected chi connectivity index (χ4v) is 2.44. The smallest absolute Gasteiger partial charge is 0.175 e. The molecule has 0 saturated heterocycles. The van der Waals surface area contributed by atoms with Gasteiger partial charge >= 0.3 is 0 Å². The van der Waals surface area contributed by atoms with Crippen molar-refractivity contribution in [2.45, 2.75) is 6.54 Å². The van der Waals surface area contributed by atoms with Crippen LogP contribution in [0.2, 0.25) is 0 Å². The van der Waals surface area contributed by atoms with Gasteiger partial charge < -0.3 is 14.4 Å². The van der Waals surface area contributed by atoms with Crippen LogP contribution >= 0.6 is 0 Å². The first-order valence-corrected chi connectivity index (χ1v) is 7.48. The van der Waals surface area contributed by atoms with Crippen molar-refractivity contribution in [1.82, 2.24) is 20.2 Å². The summed E-state index contributed by atoms with van der Waals surface area (Å²) in [6.45, 7) is 0.553. The lowest BCUT2D eigenvalue weighted by Gasteiger charge is -2.20. The van der Waals surface area contributed by atoms with Crippen molar-refractivity contribution >= 4 is 5.69 Å². The Hall–Kier alpha value is -3.09. The monoisotopic (exact) mass is 325 g/mol. The third-order valence-corrected chi connectivity index (χ3v) is 3.72. The van der Waals surface area contributed by atoms with E-state index in [2.05, 4.69) is 15.5 Å². The van der Waals surface area contributed by atoms with E-state index in [1.54, 1.807) is 18.9 Å². The summed E-state index contributed by atoms with van der Waals surface area (Å²) in [6.07, 6.45) is 0. The minimum absolute atomic E-state index is 0.553. The molecular weight excluding hydrogens is 306 g/mol. The van der Waals surface area contributed by atoms with Gasteiger partial charge in [-0.25, -0.2) is 0 Å². The topological polar surface area (TPSA) is 65.3 Å². The van der Waals surface area contributed by atoms with Crippen LogP contribution < -0.4 is 14.4 Å². The normalized spacial score (nSPS) is 10.5. The molecule has 0 fully saturated rings. The summed E-state index contributed by atoms with van der Waals surface area (Å²) in [7, 11) is 5.22. The third kappa shape index (κ3) is 3.15. The second-order valence-corrected chi connectivity index (χ2v) is 5.24. The Morgan fingerprint density at radius 2 is 1.75 bits per heavy atom. The minimum atomic E-state index is 0.553. The Labute approximate surface area is 140 Å². The number of ether oxygens (including phenoxy) is 2. The molecule has 0 unspecified atom stereocenters. The number of nitrogens with zero attached hydrogens (tertiary/aromatic N) is 5. The number of para-hydroxylation sites is 1. The number of aromatic nitrogens is 4. The summed E-state index contributed by atoms with van der Waals surface area (Å²) in [6, 6.07) is 15.6. The summed E-state index contributed by atoms with van der Waals surface area (Å²) >= 11 is 0. The van der Waals surface area contributed by atoms with Crippen LogP contribution in [0, 0.1) is 0 Å². The van der Waals surface area contributed by atoms with E-state index >= 15 is 0 Å². The fourth-order valence-electron chi connectivity index (χ4n) is 2.44. The molecule has 7 heteroatoms. The van der Waals surface area contributed by atoms with Crippen molar-refractivity contribution in [2.75, 3.05) is 26.2 Å². The van der Waals surface area contributed by atoms with Gasteiger partial charge in [0.1, 0.15) is 0 Å². The van der Waals surface area contributed by atoms with Gasteiger partial charge in [0.05, 0.1) is 26.5 Å². The van der Waals surface area contributed by atoms with Gasteiger partial charge in [-0.05, 0) is 34.7 Å². The molecule has 124 valence electrons. The first kappa shape index (κ1) is 15.8. The first-order valence-electron chi connectivity index (χ1n) is 7.48. The molecule has 1 aromatic heterocycles. The number of rotatable bonds is 6. The van der Waals surface area contributed by atoms with Crippen LogP contribution in [-0.2, 0) is 6.54 Å². The van der Waals surface area contributed by atoms with Crippen LogP contribution in [0.5, 0.6) is 11.5 Å². The van der Waals surface area contributed by atoms with E-state index in [4.69, 9.17) is 9.47 Å². The maximum Gasteiger partial charge on any atom is 0.175 e. The van der Waals surface area contributed by atoms with Crippen LogP contribution in [0.25, 0.3) is 5.69 Å². The Morgan fingerprint density at radius 3 is 2.46 bits per heavy atom. The summed E-state index contributed by atoms with van der Waals surface area (Å²) in [5.74, 6) is 2.13. The molecule has 3 rings (SSSR count). The standard InChI is InChI=1S/C17H19N5O2/c1-21(14-9-10-15(23-2)16(11-14)24-3)12-17-18-19-20-22(17)13-7-5-4-6-8-13/h4-11H,12H2,1-3H3. The average molecular weight is 325 g/mol. The highest BCUT2D eigenvalue weighted by Gasteiger charge is 2.13. The maximum absolute atomic E-state index is 5.36. The van der Waals surface area contributed by atoms with Crippen molar-refractivity contribution in [1.29, 1.82) is 0 Å². The molecule has 7 nitrogen and oxygen atoms in total. The quantitative estimate of drug-likeness (QED) is 0.693. The van der Waals surface area contributed by atoms with Gasteiger partial charge in [0.2, 0.25) is 0 Å². The Balaban J connectivity index is 1.84. The number of hydrogen-bond acceptors (Lipinski definition) is 6. The molecular formula is C17H19N5O2. The molecule has 0 atom stereocenters. The van der Waals surface area contributed by atoms with Gasteiger partial charge in [-0.2, -0.15) is 4.68 Å². The third-order valence-electron chi connectivity index (χ3n) is 3.72. The van der Waals surface area contributed by atoms with E-state index in [9.17, 15) is 0 Å². The van der Waals surface area contributed by atoms with E-state index in [0.717, 1.165) is 17.2 Å². The number of hydrogen-bond donors (Lipinski definition) is 0. The summed E-state index contributed by atoms with van der Waals surface area (Å²) in [5.41, 5.74) is 1.91. The number of anilines is 1. The van der Waals surface area contributed by atoms with E-state index in [0.29, 0.717) is 18.0 Å². The van der Waals surface area contributed by atoms with Gasteiger partial charge in [-0.3, -0.25) is 0 Å². The second-order valence-electron chi connectivity index (χ2n) is 5.24. The summed E-state index contributed by atoms with van der Waals surface area (Å²) in [4.78, 5) is 2.05. The molecule has 0 saturated carbocycles. The molecule has 0 radical (unpaired) electrons. The Bertz CT molecular complexity index is 804. The minimum Gasteiger partial charge on any atom is -0.493 e. The zero-order valence-electron chi connectivity index (χ0n) is 13.9. The maximum atomic E-state index is 5.36. The predicted octanol–water partition coefficient (Wildman–Crippen LogP) is 2.32. The molecule has 3 aromatic rings. The van der Waals surface area contributed by atoms with Gasteiger partial charge in [0.15, 0.2) is 17.3 Å². The molecule has 1 heterocycles. The average Bonchev–Trinajstić information content (AvgIpc) is 3.09. The van der Waals surface area contributed by atoms with E-state index in [1.165, 1.54) is 0 Å². The second kappa shape index (κ2) is 6.99. The summed E-state index contributed by atoms with van der Waals surface area (Å²) in [5, 5.41) is 12.0. The van der Waals surface area contributed by atoms with Crippen LogP contribution in [0.1, 0.15) is 5.82 Å². The molecule has 0 aliphatic rings. The zero-order chi connectivity index (χ0) is 16.9. The van der Waals surface area contributed by atoms with Gasteiger partial charge in [0.25, 0.3) is 0 Å².